The number of allylic oxidation sites excluding steroid dienone is 2. The summed E-state index contributed by atoms with van der Waals surface area (Å²) in [5.74, 6) is 0.822. The van der Waals surface area contributed by atoms with Crippen molar-refractivity contribution >= 4 is 16.8 Å². The average molecular weight is 703 g/mol. The average Bonchev–Trinajstić information content (AvgIpc) is 3.20. The van der Waals surface area contributed by atoms with Gasteiger partial charge in [-0.3, -0.25) is 4.79 Å². The van der Waals surface area contributed by atoms with E-state index in [1.54, 1.807) is 0 Å². The molecule has 1 radical (unpaired) electrons. The number of fused-ring (bicyclic) bond motifs is 1. The fourth-order valence-corrected chi connectivity index (χ4v) is 4.20. The van der Waals surface area contributed by atoms with Crippen LogP contribution in [0.25, 0.3) is 33.6 Å². The minimum Gasteiger partial charge on any atom is -0.512 e. The number of nitrogens with zero attached hydrogens (tertiary/aromatic N) is 1. The molecule has 0 saturated carbocycles. The summed E-state index contributed by atoms with van der Waals surface area (Å²) in [5, 5.41) is 9.42. The van der Waals surface area contributed by atoms with Crippen LogP contribution in [0.2, 0.25) is 0 Å². The van der Waals surface area contributed by atoms with Crippen LogP contribution in [0.1, 0.15) is 77.6 Å². The summed E-state index contributed by atoms with van der Waals surface area (Å²) in [5.41, 5.74) is 8.98. The van der Waals surface area contributed by atoms with Crippen molar-refractivity contribution < 1.29 is 34.4 Å². The summed E-state index contributed by atoms with van der Waals surface area (Å²) >= 11 is 0. The van der Waals surface area contributed by atoms with Gasteiger partial charge in [0.25, 0.3) is 0 Å². The number of aliphatic hydroxyl groups excluding tert-OH is 1. The van der Waals surface area contributed by atoms with Gasteiger partial charge >= 0.3 is 0 Å². The van der Waals surface area contributed by atoms with Crippen LogP contribution >= 0.6 is 0 Å². The standard InChI is InChI=1S/C29H32NO.C5H8O2.Ir/c1-18-9-19(2)11-20(10-18)25-14-22-15-26(31-27(22)17-30-25)21-12-23(28(3,4)5)16-24(13-21)29(6,7)8;1-4(6)3-5(2)7;/h9-10,12-17H,1-8H3;3,6H,1-2H3;/q-1;;/b;4-3-;. The van der Waals surface area contributed by atoms with E-state index in [2.05, 4.69) is 109 Å². The van der Waals surface area contributed by atoms with Crippen LogP contribution in [0.5, 0.6) is 0 Å². The second kappa shape index (κ2) is 12.4. The number of benzene rings is 2. The van der Waals surface area contributed by atoms with E-state index in [1.165, 1.54) is 36.6 Å². The first-order valence-electron chi connectivity index (χ1n) is 13.0. The molecule has 2 heterocycles. The van der Waals surface area contributed by atoms with Crippen LogP contribution in [0.15, 0.2) is 64.9 Å². The predicted molar refractivity (Wildman–Crippen MR) is 158 cm³/mol. The van der Waals surface area contributed by atoms with Crippen molar-refractivity contribution in [2.75, 3.05) is 0 Å². The maximum atomic E-state index is 10.0. The molecule has 0 amide bonds. The van der Waals surface area contributed by atoms with Gasteiger partial charge in [0.2, 0.25) is 0 Å². The van der Waals surface area contributed by atoms with E-state index < -0.39 is 0 Å². The molecule has 4 aromatic rings. The molecule has 1 N–H and O–H groups in total. The first-order chi connectivity index (χ1) is 17.5. The molecule has 209 valence electrons. The van der Waals surface area contributed by atoms with Crippen LogP contribution in [0.4, 0.5) is 0 Å². The van der Waals surface area contributed by atoms with E-state index in [-0.39, 0.29) is 42.5 Å². The van der Waals surface area contributed by atoms with Crippen LogP contribution in [0, 0.1) is 19.9 Å². The molecular formula is C34H40IrNO3-. The fraction of sp³-hybridized carbons (Fsp3) is 0.353. The van der Waals surface area contributed by atoms with Gasteiger partial charge < -0.3 is 14.5 Å². The van der Waals surface area contributed by atoms with Crippen molar-refractivity contribution in [3.8, 4) is 22.6 Å². The van der Waals surface area contributed by atoms with Gasteiger partial charge in [0.1, 0.15) is 5.76 Å². The third-order valence-corrected chi connectivity index (χ3v) is 6.19. The Balaban J connectivity index is 0.000000592. The van der Waals surface area contributed by atoms with Crippen LogP contribution in [-0.2, 0) is 35.7 Å². The Kier molecular flexibility index (Phi) is 10.3. The second-order valence-electron chi connectivity index (χ2n) is 12.2. The number of carbonyl (C=O) groups is 1. The maximum absolute atomic E-state index is 10.0. The second-order valence-corrected chi connectivity index (χ2v) is 12.2. The monoisotopic (exact) mass is 703 g/mol. The zero-order chi connectivity index (χ0) is 28.4. The summed E-state index contributed by atoms with van der Waals surface area (Å²) < 4.78 is 6.26. The van der Waals surface area contributed by atoms with Gasteiger partial charge in [-0.25, -0.2) is 0 Å². The van der Waals surface area contributed by atoms with Crippen molar-refractivity contribution in [3.05, 3.63) is 88.8 Å². The molecule has 39 heavy (non-hydrogen) atoms. The molecule has 4 nitrogen and oxygen atoms in total. The smallest absolute Gasteiger partial charge is 0.155 e. The van der Waals surface area contributed by atoms with E-state index in [4.69, 9.17) is 9.52 Å². The van der Waals surface area contributed by atoms with Gasteiger partial charge in [0.05, 0.1) is 12.0 Å². The van der Waals surface area contributed by atoms with Gasteiger partial charge in [0, 0.05) is 37.1 Å². The van der Waals surface area contributed by atoms with Crippen LogP contribution in [0.3, 0.4) is 0 Å². The van der Waals surface area contributed by atoms with Crippen LogP contribution < -0.4 is 0 Å². The molecule has 0 bridgehead atoms. The van der Waals surface area contributed by atoms with E-state index in [0.717, 1.165) is 39.1 Å². The summed E-state index contributed by atoms with van der Waals surface area (Å²) in [4.78, 5) is 14.7. The van der Waals surface area contributed by atoms with Gasteiger partial charge in [-0.05, 0) is 59.7 Å². The van der Waals surface area contributed by atoms with Crippen molar-refractivity contribution in [2.45, 2.75) is 80.1 Å². The Labute approximate surface area is 246 Å². The predicted octanol–water partition coefficient (Wildman–Crippen LogP) is 9.21. The SMILES string of the molecule is CC(=O)/C=C(/C)O.Cc1[c-]c(-c2cc3cc(-c4cc(C(C)(C)C)cc(C(C)(C)C)c4)oc3cn2)cc(C)c1.[Ir]. The van der Waals surface area contributed by atoms with Crippen LogP contribution in [-0.4, -0.2) is 15.9 Å². The summed E-state index contributed by atoms with van der Waals surface area (Å²) in [6, 6.07) is 18.8. The van der Waals surface area contributed by atoms with Gasteiger partial charge in [-0.15, -0.1) is 34.9 Å². The number of hydrogen-bond donors (Lipinski definition) is 1. The molecule has 5 heteroatoms. The van der Waals surface area contributed by atoms with Crippen molar-refractivity contribution in [3.63, 3.8) is 0 Å². The zero-order valence-electron chi connectivity index (χ0n) is 24.7. The minimum absolute atomic E-state index is 0. The van der Waals surface area contributed by atoms with E-state index in [0.29, 0.717) is 0 Å². The molecule has 0 fully saturated rings. The summed E-state index contributed by atoms with van der Waals surface area (Å²) in [7, 11) is 0. The topological polar surface area (TPSA) is 63.3 Å². The zero-order valence-corrected chi connectivity index (χ0v) is 27.1. The maximum Gasteiger partial charge on any atom is 0.155 e. The van der Waals surface area contributed by atoms with E-state index in [1.807, 2.05) is 6.20 Å². The normalized spacial score (nSPS) is 12.0. The Morgan fingerprint density at radius 3 is 1.95 bits per heavy atom. The third kappa shape index (κ3) is 8.74. The summed E-state index contributed by atoms with van der Waals surface area (Å²) in [6.45, 7) is 20.6. The number of aliphatic hydroxyl groups is 1. The third-order valence-electron chi connectivity index (χ3n) is 6.19. The number of carbonyl (C=O) groups excluding carboxylic acids is 1. The molecular weight excluding hydrogens is 663 g/mol. The molecule has 0 atom stereocenters. The molecule has 2 aromatic carbocycles. The Morgan fingerprint density at radius 1 is 0.897 bits per heavy atom. The Morgan fingerprint density at radius 2 is 1.49 bits per heavy atom. The molecule has 0 saturated heterocycles. The molecule has 0 aliphatic rings. The molecule has 4 rings (SSSR count). The number of hydrogen-bond acceptors (Lipinski definition) is 4. The van der Waals surface area contributed by atoms with Crippen molar-refractivity contribution in [2.24, 2.45) is 0 Å². The molecule has 0 spiro atoms. The molecule has 0 aliphatic carbocycles. The number of aromatic nitrogens is 1. The van der Waals surface area contributed by atoms with Crippen molar-refractivity contribution in [1.82, 2.24) is 4.98 Å². The first kappa shape index (κ1) is 32.2. The number of pyridine rings is 1. The number of ketones is 1. The Bertz CT molecular complexity index is 1440. The first-order valence-corrected chi connectivity index (χ1v) is 13.0. The summed E-state index contributed by atoms with van der Waals surface area (Å²) in [6.07, 6.45) is 3.00. The quantitative estimate of drug-likeness (QED) is 0.131. The minimum atomic E-state index is -0.125. The number of aryl methyl sites for hydroxylation is 2. The molecule has 2 aromatic heterocycles. The van der Waals surface area contributed by atoms with E-state index in [9.17, 15) is 4.79 Å². The molecule has 0 unspecified atom stereocenters. The van der Waals surface area contributed by atoms with Gasteiger partial charge in [0.15, 0.2) is 11.4 Å². The largest absolute Gasteiger partial charge is 0.512 e. The van der Waals surface area contributed by atoms with Gasteiger partial charge in [-0.2, -0.15) is 0 Å². The van der Waals surface area contributed by atoms with Gasteiger partial charge in [-0.1, -0.05) is 67.5 Å². The van der Waals surface area contributed by atoms with E-state index >= 15 is 0 Å². The number of furan rings is 1. The van der Waals surface area contributed by atoms with Crippen molar-refractivity contribution in [1.29, 1.82) is 0 Å². The fourth-order valence-electron chi connectivity index (χ4n) is 4.20. The Hall–Kier alpha value is -3.01. The number of rotatable bonds is 3. The molecule has 0 aliphatic heterocycles.